The topological polar surface area (TPSA) is 95.8 Å². The van der Waals surface area contributed by atoms with E-state index in [-0.39, 0.29) is 22.7 Å². The number of hydrogen-bond acceptors (Lipinski definition) is 7. The molecule has 1 N–H and O–H groups in total. The number of nitrogens with zero attached hydrogens (tertiary/aromatic N) is 3. The number of nitrogens with one attached hydrogen (secondary N) is 1. The van der Waals surface area contributed by atoms with Gasteiger partial charge in [0, 0.05) is 49.2 Å². The first-order chi connectivity index (χ1) is 13.3. The molecule has 3 rings (SSSR count). The van der Waals surface area contributed by atoms with Crippen molar-refractivity contribution in [2.75, 3.05) is 33.2 Å². The first kappa shape index (κ1) is 20.9. The molecule has 0 amide bonds. The maximum atomic E-state index is 12.8. The number of non-ortho nitro benzene ring substituents is 1. The van der Waals surface area contributed by atoms with Gasteiger partial charge in [0.05, 0.1) is 15.9 Å². The lowest BCUT2D eigenvalue weighted by Crippen LogP contribution is -2.51. The van der Waals surface area contributed by atoms with Crippen molar-refractivity contribution in [1.29, 1.82) is 0 Å². The van der Waals surface area contributed by atoms with Crippen LogP contribution >= 0.6 is 11.3 Å². The van der Waals surface area contributed by atoms with Crippen LogP contribution in [-0.2, 0) is 10.0 Å². The summed E-state index contributed by atoms with van der Waals surface area (Å²) in [5.41, 5.74) is -0.138. The van der Waals surface area contributed by atoms with Crippen molar-refractivity contribution in [1.82, 2.24) is 14.5 Å². The van der Waals surface area contributed by atoms with Gasteiger partial charge in [0.25, 0.3) is 5.69 Å². The number of hydrogen-bond donors (Lipinski definition) is 1. The lowest BCUT2D eigenvalue weighted by atomic mass is 10.1. The van der Waals surface area contributed by atoms with Crippen LogP contribution in [-0.4, -0.2) is 62.4 Å². The van der Waals surface area contributed by atoms with E-state index in [1.165, 1.54) is 24.3 Å². The highest BCUT2D eigenvalue weighted by molar-refractivity contribution is 7.89. The fraction of sp³-hybridized carbons (Fsp3) is 0.444. The number of nitro benzene ring substituents is 1. The third-order valence-electron chi connectivity index (χ3n) is 4.94. The van der Waals surface area contributed by atoms with Crippen LogP contribution in [0.4, 0.5) is 5.69 Å². The van der Waals surface area contributed by atoms with Crippen molar-refractivity contribution in [3.8, 4) is 0 Å². The van der Waals surface area contributed by atoms with Gasteiger partial charge in [-0.05, 0) is 37.6 Å². The largest absolute Gasteiger partial charge is 0.304 e. The van der Waals surface area contributed by atoms with Gasteiger partial charge in [-0.15, -0.1) is 11.3 Å². The summed E-state index contributed by atoms with van der Waals surface area (Å²) >= 11 is 1.62. The monoisotopic (exact) mass is 424 g/mol. The molecule has 1 fully saturated rings. The Hall–Kier alpha value is -1.85. The minimum atomic E-state index is -3.79. The van der Waals surface area contributed by atoms with Crippen molar-refractivity contribution in [2.45, 2.75) is 23.9 Å². The normalized spacial score (nSPS) is 18.6. The quantitative estimate of drug-likeness (QED) is 0.541. The van der Waals surface area contributed by atoms with Gasteiger partial charge in [-0.1, -0.05) is 6.07 Å². The molecule has 1 aliphatic rings. The summed E-state index contributed by atoms with van der Waals surface area (Å²) in [6.07, 6.45) is 0. The molecule has 2 heterocycles. The van der Waals surface area contributed by atoms with Crippen LogP contribution in [0.3, 0.4) is 0 Å². The Bertz CT molecular complexity index is 892. The number of thiophene rings is 1. The standard InChI is InChI=1S/C18H24N4O4S2/c1-14(19-28(25,26)16-7-5-15(6-8-16)22(23)24)18(17-4-3-13-27-17)21-11-9-20(2)10-12-21/h3-8,13-14,18-19H,9-12H2,1-2H3/t14-,18+/m1/s1. The molecule has 0 spiro atoms. The lowest BCUT2D eigenvalue weighted by Gasteiger charge is -2.40. The summed E-state index contributed by atoms with van der Waals surface area (Å²) in [6.45, 7) is 5.46. The van der Waals surface area contributed by atoms with E-state index in [1.807, 2.05) is 24.4 Å². The zero-order chi connectivity index (χ0) is 20.3. The molecule has 0 saturated carbocycles. The van der Waals surface area contributed by atoms with Gasteiger partial charge in [-0.3, -0.25) is 15.0 Å². The Labute approximate surface area is 169 Å². The molecule has 0 radical (unpaired) electrons. The van der Waals surface area contributed by atoms with E-state index in [4.69, 9.17) is 0 Å². The first-order valence-corrected chi connectivity index (χ1v) is 11.4. The van der Waals surface area contributed by atoms with Crippen molar-refractivity contribution >= 4 is 27.0 Å². The fourth-order valence-electron chi connectivity index (χ4n) is 3.43. The predicted molar refractivity (Wildman–Crippen MR) is 109 cm³/mol. The van der Waals surface area contributed by atoms with Gasteiger partial charge in [-0.2, -0.15) is 0 Å². The molecule has 2 atom stereocenters. The molecular weight excluding hydrogens is 400 g/mol. The molecule has 10 heteroatoms. The van der Waals surface area contributed by atoms with Crippen LogP contribution in [0.1, 0.15) is 17.8 Å². The van der Waals surface area contributed by atoms with Gasteiger partial charge < -0.3 is 4.90 Å². The molecule has 1 saturated heterocycles. The van der Waals surface area contributed by atoms with Gasteiger partial charge in [0.1, 0.15) is 0 Å². The molecule has 8 nitrogen and oxygen atoms in total. The Morgan fingerprint density at radius 3 is 2.32 bits per heavy atom. The SMILES string of the molecule is C[C@@H](NS(=O)(=O)c1ccc([N+](=O)[O-])cc1)[C@@H](c1cccs1)N1CCN(C)CC1. The summed E-state index contributed by atoms with van der Waals surface area (Å²) < 4.78 is 28.4. The predicted octanol–water partition coefficient (Wildman–Crippen LogP) is 2.31. The van der Waals surface area contributed by atoms with E-state index in [1.54, 1.807) is 11.3 Å². The highest BCUT2D eigenvalue weighted by atomic mass is 32.2. The van der Waals surface area contributed by atoms with Crippen LogP contribution < -0.4 is 4.72 Å². The van der Waals surface area contributed by atoms with E-state index < -0.39 is 14.9 Å². The number of piperazine rings is 1. The summed E-state index contributed by atoms with van der Waals surface area (Å²) in [5, 5.41) is 12.8. The number of likely N-dealkylation sites (N-methyl/N-ethyl adjacent to an activating group) is 1. The van der Waals surface area contributed by atoms with Gasteiger partial charge in [0.15, 0.2) is 0 Å². The summed E-state index contributed by atoms with van der Waals surface area (Å²) in [5.74, 6) is 0. The number of nitro groups is 1. The van der Waals surface area contributed by atoms with E-state index in [2.05, 4.69) is 21.6 Å². The zero-order valence-electron chi connectivity index (χ0n) is 15.8. The Morgan fingerprint density at radius 2 is 1.79 bits per heavy atom. The van der Waals surface area contributed by atoms with E-state index in [9.17, 15) is 18.5 Å². The molecule has 1 aliphatic heterocycles. The summed E-state index contributed by atoms with van der Waals surface area (Å²) in [4.78, 5) is 16.0. The smallest absolute Gasteiger partial charge is 0.269 e. The molecule has 0 aliphatic carbocycles. The van der Waals surface area contributed by atoms with Crippen molar-refractivity contribution in [3.05, 3.63) is 56.8 Å². The molecule has 0 unspecified atom stereocenters. The minimum Gasteiger partial charge on any atom is -0.304 e. The summed E-state index contributed by atoms with van der Waals surface area (Å²) in [6, 6.07) is 8.52. The Kier molecular flexibility index (Phi) is 6.46. The van der Waals surface area contributed by atoms with Gasteiger partial charge >= 0.3 is 0 Å². The van der Waals surface area contributed by atoms with Crippen LogP contribution in [0.2, 0.25) is 0 Å². The van der Waals surface area contributed by atoms with Crippen molar-refractivity contribution in [2.24, 2.45) is 0 Å². The second-order valence-corrected chi connectivity index (χ2v) is 9.65. The maximum absolute atomic E-state index is 12.8. The highest BCUT2D eigenvalue weighted by Gasteiger charge is 2.32. The average Bonchev–Trinajstić information content (AvgIpc) is 3.17. The van der Waals surface area contributed by atoms with Crippen LogP contribution in [0, 0.1) is 10.1 Å². The van der Waals surface area contributed by atoms with Crippen molar-refractivity contribution in [3.63, 3.8) is 0 Å². The van der Waals surface area contributed by atoms with E-state index >= 15 is 0 Å². The molecule has 28 heavy (non-hydrogen) atoms. The first-order valence-electron chi connectivity index (χ1n) is 9.01. The minimum absolute atomic E-state index is 0.0215. The third kappa shape index (κ3) is 4.76. The maximum Gasteiger partial charge on any atom is 0.269 e. The molecule has 1 aromatic heterocycles. The van der Waals surface area contributed by atoms with Gasteiger partial charge in [0.2, 0.25) is 10.0 Å². The number of sulfonamides is 1. The Balaban J connectivity index is 1.80. The lowest BCUT2D eigenvalue weighted by molar-refractivity contribution is -0.384. The molecule has 1 aromatic carbocycles. The van der Waals surface area contributed by atoms with E-state index in [0.29, 0.717) is 0 Å². The second-order valence-electron chi connectivity index (χ2n) is 6.96. The van der Waals surface area contributed by atoms with Crippen LogP contribution in [0.25, 0.3) is 0 Å². The molecular formula is C18H24N4O4S2. The average molecular weight is 425 g/mol. The number of benzene rings is 1. The molecule has 152 valence electrons. The third-order valence-corrected chi connectivity index (χ3v) is 7.46. The van der Waals surface area contributed by atoms with Crippen LogP contribution in [0.5, 0.6) is 0 Å². The molecule has 0 bridgehead atoms. The highest BCUT2D eigenvalue weighted by Crippen LogP contribution is 2.30. The Morgan fingerprint density at radius 1 is 1.14 bits per heavy atom. The van der Waals surface area contributed by atoms with E-state index in [0.717, 1.165) is 31.1 Å². The zero-order valence-corrected chi connectivity index (χ0v) is 17.4. The number of rotatable bonds is 7. The van der Waals surface area contributed by atoms with Crippen molar-refractivity contribution < 1.29 is 13.3 Å². The summed E-state index contributed by atoms with van der Waals surface area (Å²) in [7, 11) is -1.71. The fourth-order valence-corrected chi connectivity index (χ4v) is 5.64. The second kappa shape index (κ2) is 8.66. The molecule has 2 aromatic rings. The van der Waals surface area contributed by atoms with Gasteiger partial charge in [-0.25, -0.2) is 13.1 Å². The van der Waals surface area contributed by atoms with Crippen LogP contribution in [0.15, 0.2) is 46.7 Å².